The molecule has 1 aromatic carbocycles. The highest BCUT2D eigenvalue weighted by molar-refractivity contribution is 6.30. The van der Waals surface area contributed by atoms with E-state index in [1.54, 1.807) is 23.0 Å². The number of aromatic nitrogens is 2. The predicted octanol–water partition coefficient (Wildman–Crippen LogP) is 2.34. The van der Waals surface area contributed by atoms with Crippen molar-refractivity contribution in [3.05, 3.63) is 41.3 Å². The molecule has 0 saturated heterocycles. The Kier molecular flexibility index (Phi) is 3.49. The summed E-state index contributed by atoms with van der Waals surface area (Å²) in [6.07, 6.45) is 1.75. The lowest BCUT2D eigenvalue weighted by atomic mass is 10.3. The predicted molar refractivity (Wildman–Crippen MR) is 63.5 cm³/mol. The number of benzene rings is 1. The van der Waals surface area contributed by atoms with Crippen LogP contribution >= 0.6 is 11.6 Å². The molecule has 2 N–H and O–H groups in total. The number of nitrogens with two attached hydrogens (primary N) is 1. The SMILES string of the molecule is Nc1ccn(CCOc2ccc(Cl)c(F)c2)n1. The van der Waals surface area contributed by atoms with E-state index >= 15 is 0 Å². The molecule has 1 aromatic heterocycles. The maximum absolute atomic E-state index is 13.1. The summed E-state index contributed by atoms with van der Waals surface area (Å²) >= 11 is 5.55. The molecule has 0 unspecified atom stereocenters. The topological polar surface area (TPSA) is 53.1 Å². The molecule has 0 aliphatic rings. The third-order valence-electron chi connectivity index (χ3n) is 2.14. The van der Waals surface area contributed by atoms with E-state index in [2.05, 4.69) is 5.10 Å². The van der Waals surface area contributed by atoms with Gasteiger partial charge >= 0.3 is 0 Å². The molecule has 4 nitrogen and oxygen atoms in total. The van der Waals surface area contributed by atoms with Crippen LogP contribution in [0.25, 0.3) is 0 Å². The Morgan fingerprint density at radius 2 is 2.24 bits per heavy atom. The molecule has 0 spiro atoms. The molecular formula is C11H11ClFN3O. The summed E-state index contributed by atoms with van der Waals surface area (Å²) in [5, 5.41) is 4.07. The minimum Gasteiger partial charge on any atom is -0.492 e. The molecule has 2 aromatic rings. The highest BCUT2D eigenvalue weighted by atomic mass is 35.5. The lowest BCUT2D eigenvalue weighted by Crippen LogP contribution is -2.09. The highest BCUT2D eigenvalue weighted by Gasteiger charge is 2.02. The Morgan fingerprint density at radius 3 is 2.88 bits per heavy atom. The van der Waals surface area contributed by atoms with Gasteiger partial charge in [0.05, 0.1) is 11.6 Å². The van der Waals surface area contributed by atoms with Crippen LogP contribution in [0.1, 0.15) is 0 Å². The minimum absolute atomic E-state index is 0.0807. The molecule has 0 aliphatic heterocycles. The molecule has 90 valence electrons. The van der Waals surface area contributed by atoms with Crippen molar-refractivity contribution in [3.63, 3.8) is 0 Å². The molecule has 6 heteroatoms. The van der Waals surface area contributed by atoms with Crippen LogP contribution in [-0.4, -0.2) is 16.4 Å². The molecule has 0 aliphatic carbocycles. The van der Waals surface area contributed by atoms with Gasteiger partial charge in [0.1, 0.15) is 24.0 Å². The van der Waals surface area contributed by atoms with Crippen molar-refractivity contribution in [1.82, 2.24) is 9.78 Å². The number of ether oxygens (including phenoxy) is 1. The first-order valence-corrected chi connectivity index (χ1v) is 5.40. The number of nitrogen functional groups attached to an aromatic ring is 1. The van der Waals surface area contributed by atoms with Gasteiger partial charge < -0.3 is 10.5 Å². The summed E-state index contributed by atoms with van der Waals surface area (Å²) in [5.41, 5.74) is 5.46. The Balaban J connectivity index is 1.87. The molecule has 0 fully saturated rings. The van der Waals surface area contributed by atoms with Crippen LogP contribution in [0.15, 0.2) is 30.5 Å². The maximum Gasteiger partial charge on any atom is 0.145 e. The third kappa shape index (κ3) is 3.10. The molecule has 2 rings (SSSR count). The monoisotopic (exact) mass is 255 g/mol. The minimum atomic E-state index is -0.493. The van der Waals surface area contributed by atoms with E-state index in [1.165, 1.54) is 12.1 Å². The average Bonchev–Trinajstić information content (AvgIpc) is 2.70. The van der Waals surface area contributed by atoms with Crippen LogP contribution in [-0.2, 0) is 6.54 Å². The third-order valence-corrected chi connectivity index (χ3v) is 2.45. The Labute approximate surface area is 103 Å². The van der Waals surface area contributed by atoms with E-state index in [0.717, 1.165) is 0 Å². The van der Waals surface area contributed by atoms with Crippen LogP contribution < -0.4 is 10.5 Å². The van der Waals surface area contributed by atoms with Crippen molar-refractivity contribution >= 4 is 17.4 Å². The Bertz CT molecular complexity index is 515. The zero-order valence-electron chi connectivity index (χ0n) is 8.94. The van der Waals surface area contributed by atoms with Crippen LogP contribution in [0.2, 0.25) is 5.02 Å². The molecule has 1 heterocycles. The molecule has 0 atom stereocenters. The van der Waals surface area contributed by atoms with Gasteiger partial charge in [-0.3, -0.25) is 4.68 Å². The first-order chi connectivity index (χ1) is 8.15. The lowest BCUT2D eigenvalue weighted by molar-refractivity contribution is 0.290. The Hall–Kier alpha value is -1.75. The van der Waals surface area contributed by atoms with Crippen molar-refractivity contribution in [2.45, 2.75) is 6.54 Å². The number of hydrogen-bond acceptors (Lipinski definition) is 3. The smallest absolute Gasteiger partial charge is 0.145 e. The van der Waals surface area contributed by atoms with Gasteiger partial charge in [-0.25, -0.2) is 4.39 Å². The second-order valence-electron chi connectivity index (χ2n) is 3.43. The lowest BCUT2D eigenvalue weighted by Gasteiger charge is -2.06. The average molecular weight is 256 g/mol. The van der Waals surface area contributed by atoms with Gasteiger partial charge in [-0.2, -0.15) is 5.10 Å². The highest BCUT2D eigenvalue weighted by Crippen LogP contribution is 2.20. The summed E-state index contributed by atoms with van der Waals surface area (Å²) in [7, 11) is 0. The molecular weight excluding hydrogens is 245 g/mol. The molecule has 0 radical (unpaired) electrons. The maximum atomic E-state index is 13.1. The van der Waals surface area contributed by atoms with Gasteiger partial charge in [-0.1, -0.05) is 11.6 Å². The summed E-state index contributed by atoms with van der Waals surface area (Å²) in [6.45, 7) is 0.920. The van der Waals surface area contributed by atoms with E-state index in [4.69, 9.17) is 22.1 Å². The van der Waals surface area contributed by atoms with Crippen LogP contribution in [0.3, 0.4) is 0 Å². The Morgan fingerprint density at radius 1 is 1.41 bits per heavy atom. The fourth-order valence-electron chi connectivity index (χ4n) is 1.33. The van der Waals surface area contributed by atoms with Crippen molar-refractivity contribution < 1.29 is 9.13 Å². The standard InChI is InChI=1S/C11H11ClFN3O/c12-9-2-1-8(7-10(9)13)17-6-5-16-4-3-11(14)15-16/h1-4,7H,5-6H2,(H2,14,15). The molecule has 0 bridgehead atoms. The number of halogens is 2. The van der Waals surface area contributed by atoms with E-state index in [0.29, 0.717) is 24.7 Å². The molecule has 0 saturated carbocycles. The van der Waals surface area contributed by atoms with Gasteiger partial charge in [0.2, 0.25) is 0 Å². The van der Waals surface area contributed by atoms with Gasteiger partial charge in [0.15, 0.2) is 0 Å². The second kappa shape index (κ2) is 5.05. The van der Waals surface area contributed by atoms with Gasteiger partial charge in [-0.15, -0.1) is 0 Å². The zero-order chi connectivity index (χ0) is 12.3. The second-order valence-corrected chi connectivity index (χ2v) is 3.84. The number of hydrogen-bond donors (Lipinski definition) is 1. The molecule has 0 amide bonds. The summed E-state index contributed by atoms with van der Waals surface area (Å²) < 4.78 is 20.1. The quantitative estimate of drug-likeness (QED) is 0.912. The fraction of sp³-hybridized carbons (Fsp3) is 0.182. The van der Waals surface area contributed by atoms with Crippen molar-refractivity contribution in [3.8, 4) is 5.75 Å². The first kappa shape index (κ1) is 11.7. The summed E-state index contributed by atoms with van der Waals surface area (Å²) in [5.74, 6) is 0.405. The summed E-state index contributed by atoms with van der Waals surface area (Å²) in [6, 6.07) is 6.02. The van der Waals surface area contributed by atoms with Crippen molar-refractivity contribution in [2.75, 3.05) is 12.3 Å². The van der Waals surface area contributed by atoms with Crippen molar-refractivity contribution in [2.24, 2.45) is 0 Å². The first-order valence-electron chi connectivity index (χ1n) is 5.02. The van der Waals surface area contributed by atoms with E-state index < -0.39 is 5.82 Å². The van der Waals surface area contributed by atoms with Crippen LogP contribution in [0.5, 0.6) is 5.75 Å². The normalized spacial score (nSPS) is 10.5. The van der Waals surface area contributed by atoms with Gasteiger partial charge in [0.25, 0.3) is 0 Å². The van der Waals surface area contributed by atoms with E-state index in [9.17, 15) is 4.39 Å². The van der Waals surface area contributed by atoms with Crippen LogP contribution in [0, 0.1) is 5.82 Å². The van der Waals surface area contributed by atoms with Crippen LogP contribution in [0.4, 0.5) is 10.2 Å². The summed E-state index contributed by atoms with van der Waals surface area (Å²) in [4.78, 5) is 0. The largest absolute Gasteiger partial charge is 0.492 e. The van der Waals surface area contributed by atoms with Gasteiger partial charge in [-0.05, 0) is 18.2 Å². The molecule has 17 heavy (non-hydrogen) atoms. The number of nitrogens with zero attached hydrogens (tertiary/aromatic N) is 2. The fourth-order valence-corrected chi connectivity index (χ4v) is 1.44. The number of anilines is 1. The van der Waals surface area contributed by atoms with E-state index in [1.807, 2.05) is 0 Å². The van der Waals surface area contributed by atoms with Crippen molar-refractivity contribution in [1.29, 1.82) is 0 Å². The van der Waals surface area contributed by atoms with E-state index in [-0.39, 0.29) is 5.02 Å². The zero-order valence-corrected chi connectivity index (χ0v) is 9.69. The van der Waals surface area contributed by atoms with Gasteiger partial charge in [0, 0.05) is 12.3 Å². The number of rotatable bonds is 4.